The normalized spacial score (nSPS) is 11.8. The predicted octanol–water partition coefficient (Wildman–Crippen LogP) is 3.82. The number of furan rings is 1. The van der Waals surface area contributed by atoms with E-state index in [9.17, 15) is 9.59 Å². The van der Waals surface area contributed by atoms with Crippen LogP contribution in [0.25, 0.3) is 11.0 Å². The summed E-state index contributed by atoms with van der Waals surface area (Å²) in [7, 11) is 0. The zero-order valence-electron chi connectivity index (χ0n) is 19.6. The van der Waals surface area contributed by atoms with Crippen LogP contribution in [-0.4, -0.2) is 31.8 Å². The molecule has 1 N–H and O–H groups in total. The molecule has 3 aromatic heterocycles. The molecule has 2 aromatic carbocycles. The highest BCUT2D eigenvalue weighted by atomic mass is 16.3. The molecule has 0 bridgehead atoms. The van der Waals surface area contributed by atoms with Gasteiger partial charge in [0.15, 0.2) is 0 Å². The molecule has 0 spiro atoms. The first kappa shape index (κ1) is 23.0. The maximum Gasteiger partial charge on any atom is 0.249 e. The first-order valence-corrected chi connectivity index (χ1v) is 11.5. The first-order valence-electron chi connectivity index (χ1n) is 11.5. The van der Waals surface area contributed by atoms with Gasteiger partial charge in [-0.15, -0.1) is 5.10 Å². The van der Waals surface area contributed by atoms with Gasteiger partial charge >= 0.3 is 0 Å². The highest BCUT2D eigenvalue weighted by Crippen LogP contribution is 2.29. The molecule has 0 radical (unpaired) electrons. The lowest BCUT2D eigenvalue weighted by Crippen LogP contribution is -2.45. The second kappa shape index (κ2) is 10.2. The molecular formula is C27H24N6O3. The van der Waals surface area contributed by atoms with E-state index in [0.29, 0.717) is 22.5 Å². The zero-order valence-corrected chi connectivity index (χ0v) is 19.6. The van der Waals surface area contributed by atoms with Crippen molar-refractivity contribution in [1.82, 2.24) is 25.3 Å². The van der Waals surface area contributed by atoms with Gasteiger partial charge in [-0.2, -0.15) is 0 Å². The fourth-order valence-electron chi connectivity index (χ4n) is 4.09. The third kappa shape index (κ3) is 4.85. The van der Waals surface area contributed by atoms with Gasteiger partial charge in [0.1, 0.15) is 23.9 Å². The molecule has 1 atom stereocenters. The molecule has 0 fully saturated rings. The lowest BCUT2D eigenvalue weighted by atomic mass is 10.0. The molecule has 9 nitrogen and oxygen atoms in total. The number of hydrogen-bond donors (Lipinski definition) is 1. The van der Waals surface area contributed by atoms with Crippen LogP contribution >= 0.6 is 0 Å². The van der Waals surface area contributed by atoms with Gasteiger partial charge in [-0.05, 0) is 55.0 Å². The van der Waals surface area contributed by atoms with E-state index < -0.39 is 6.04 Å². The van der Waals surface area contributed by atoms with Crippen molar-refractivity contribution in [2.45, 2.75) is 26.1 Å². The molecule has 9 heteroatoms. The van der Waals surface area contributed by atoms with Gasteiger partial charge in [0.25, 0.3) is 0 Å². The summed E-state index contributed by atoms with van der Waals surface area (Å²) in [6, 6.07) is 21.0. The maximum atomic E-state index is 13.9. The van der Waals surface area contributed by atoms with Gasteiger partial charge in [-0.3, -0.25) is 19.5 Å². The van der Waals surface area contributed by atoms with Crippen molar-refractivity contribution in [1.29, 1.82) is 0 Å². The van der Waals surface area contributed by atoms with E-state index in [4.69, 9.17) is 4.42 Å². The summed E-state index contributed by atoms with van der Waals surface area (Å²) < 4.78 is 6.91. The van der Waals surface area contributed by atoms with Crippen LogP contribution in [0.2, 0.25) is 0 Å². The average molecular weight is 481 g/mol. The maximum absolute atomic E-state index is 13.9. The highest BCUT2D eigenvalue weighted by molar-refractivity contribution is 6.01. The fraction of sp³-hybridized carbons (Fsp3) is 0.148. The minimum absolute atomic E-state index is 0.101. The lowest BCUT2D eigenvalue weighted by molar-refractivity contribution is -0.127. The third-order valence-corrected chi connectivity index (χ3v) is 5.78. The second-order valence-corrected chi connectivity index (χ2v) is 8.32. The molecule has 0 aliphatic carbocycles. The van der Waals surface area contributed by atoms with Gasteiger partial charge in [-0.1, -0.05) is 35.5 Å². The molecule has 5 rings (SSSR count). The Morgan fingerprint density at radius 1 is 1.06 bits per heavy atom. The van der Waals surface area contributed by atoms with Gasteiger partial charge in [-0.25, -0.2) is 4.68 Å². The topological polar surface area (TPSA) is 106 Å². The van der Waals surface area contributed by atoms with Crippen molar-refractivity contribution >= 4 is 28.5 Å². The first-order chi connectivity index (χ1) is 17.6. The molecule has 180 valence electrons. The summed E-state index contributed by atoms with van der Waals surface area (Å²) in [5.41, 5.74) is 3.54. The van der Waals surface area contributed by atoms with E-state index >= 15 is 0 Å². The predicted molar refractivity (Wildman–Crippen MR) is 134 cm³/mol. The number of carbonyl (C=O) groups is 2. The van der Waals surface area contributed by atoms with Crippen molar-refractivity contribution < 1.29 is 14.0 Å². The van der Waals surface area contributed by atoms with Crippen molar-refractivity contribution in [2.24, 2.45) is 0 Å². The monoisotopic (exact) mass is 480 g/mol. The standard InChI is InChI=1S/C27H24N6O3/c1-19-7-4-9-21(15-19)33(25(34)18-32-24-12-3-2-11-23(24)30-31-32)26(20-8-5-13-28-16-20)27(35)29-17-22-10-6-14-36-22/h2-16,26H,17-18H2,1H3,(H,29,35). The van der Waals surface area contributed by atoms with Crippen LogP contribution in [0.15, 0.2) is 95.9 Å². The number of anilines is 1. The molecule has 0 aliphatic rings. The molecular weight excluding hydrogens is 456 g/mol. The van der Waals surface area contributed by atoms with Crippen molar-refractivity contribution in [3.05, 3.63) is 108 Å². The quantitative estimate of drug-likeness (QED) is 0.362. The Labute approximate surface area is 207 Å². The number of pyridine rings is 1. The lowest BCUT2D eigenvalue weighted by Gasteiger charge is -2.31. The fourth-order valence-corrected chi connectivity index (χ4v) is 4.09. The van der Waals surface area contributed by atoms with E-state index in [-0.39, 0.29) is 24.9 Å². The summed E-state index contributed by atoms with van der Waals surface area (Å²) in [4.78, 5) is 33.3. The Kier molecular flexibility index (Phi) is 6.53. The van der Waals surface area contributed by atoms with Crippen molar-refractivity contribution in [2.75, 3.05) is 4.90 Å². The van der Waals surface area contributed by atoms with Crippen LogP contribution in [0, 0.1) is 6.92 Å². The summed E-state index contributed by atoms with van der Waals surface area (Å²) in [6.07, 6.45) is 4.77. The smallest absolute Gasteiger partial charge is 0.249 e. The number of carbonyl (C=O) groups excluding carboxylic acids is 2. The number of nitrogens with zero attached hydrogens (tertiary/aromatic N) is 5. The molecule has 5 aromatic rings. The number of amides is 2. The van der Waals surface area contributed by atoms with Gasteiger partial charge in [0.05, 0.1) is 18.3 Å². The molecule has 36 heavy (non-hydrogen) atoms. The number of benzene rings is 2. The van der Waals surface area contributed by atoms with Gasteiger partial charge in [0.2, 0.25) is 11.8 Å². The SMILES string of the molecule is Cc1cccc(N(C(=O)Cn2nnc3ccccc32)C(C(=O)NCc2ccco2)c2cccnc2)c1. The minimum atomic E-state index is -0.974. The molecule has 1 unspecified atom stereocenters. The van der Waals surface area contributed by atoms with Crippen LogP contribution in [0.5, 0.6) is 0 Å². The van der Waals surface area contributed by atoms with Crippen molar-refractivity contribution in [3.8, 4) is 0 Å². The van der Waals surface area contributed by atoms with Crippen LogP contribution in [-0.2, 0) is 22.7 Å². The Morgan fingerprint density at radius 2 is 1.94 bits per heavy atom. The van der Waals surface area contributed by atoms with Crippen LogP contribution in [0.4, 0.5) is 5.69 Å². The molecule has 0 aliphatic heterocycles. The molecule has 3 heterocycles. The number of hydrogen-bond acceptors (Lipinski definition) is 6. The summed E-state index contributed by atoms with van der Waals surface area (Å²) in [6.45, 7) is 2.02. The van der Waals surface area contributed by atoms with Crippen LogP contribution in [0.3, 0.4) is 0 Å². The van der Waals surface area contributed by atoms with Gasteiger partial charge in [0, 0.05) is 23.6 Å². The zero-order chi connectivity index (χ0) is 24.9. The number of fused-ring (bicyclic) bond motifs is 1. The highest BCUT2D eigenvalue weighted by Gasteiger charge is 2.33. The number of nitrogens with one attached hydrogen (secondary N) is 1. The third-order valence-electron chi connectivity index (χ3n) is 5.78. The molecule has 0 saturated heterocycles. The van der Waals surface area contributed by atoms with E-state index in [1.807, 2.05) is 55.5 Å². The Bertz CT molecular complexity index is 1480. The van der Waals surface area contributed by atoms with E-state index in [0.717, 1.165) is 11.1 Å². The Hall–Kier alpha value is -4.79. The van der Waals surface area contributed by atoms with E-state index in [1.54, 1.807) is 47.6 Å². The number of rotatable bonds is 8. The second-order valence-electron chi connectivity index (χ2n) is 8.32. The van der Waals surface area contributed by atoms with E-state index in [2.05, 4.69) is 20.6 Å². The number of para-hydroxylation sites is 1. The van der Waals surface area contributed by atoms with Crippen molar-refractivity contribution in [3.63, 3.8) is 0 Å². The number of aryl methyl sites for hydroxylation is 1. The number of aromatic nitrogens is 4. The van der Waals surface area contributed by atoms with E-state index in [1.165, 1.54) is 4.90 Å². The van der Waals surface area contributed by atoms with Gasteiger partial charge < -0.3 is 9.73 Å². The largest absolute Gasteiger partial charge is 0.467 e. The van der Waals surface area contributed by atoms with Crippen LogP contribution < -0.4 is 10.2 Å². The summed E-state index contributed by atoms with van der Waals surface area (Å²) in [5, 5.41) is 11.2. The van der Waals surface area contributed by atoms with Crippen LogP contribution in [0.1, 0.15) is 22.9 Å². The Morgan fingerprint density at radius 3 is 2.72 bits per heavy atom. The Balaban J connectivity index is 1.54. The average Bonchev–Trinajstić information content (AvgIpc) is 3.56. The minimum Gasteiger partial charge on any atom is -0.467 e. The summed E-state index contributed by atoms with van der Waals surface area (Å²) in [5.74, 6) is -0.0771. The summed E-state index contributed by atoms with van der Waals surface area (Å²) >= 11 is 0. The molecule has 2 amide bonds. The molecule has 0 saturated carbocycles.